The molecule has 0 unspecified atom stereocenters. The lowest BCUT2D eigenvalue weighted by molar-refractivity contribution is -0.118. The standard InChI is InChI=1S/C24H22N2O3/c1-3-26-22-10-5-4-9-20(22)21-14-18(11-12-23(21)26)25-24(28)15-29-19-8-6-7-17(13-19)16(2)27/h4-14H,3,15H2,1-2H3,(H,25,28). The number of carbonyl (C=O) groups excluding carboxylic acids is 2. The van der Waals surface area contributed by atoms with Crippen LogP contribution in [0, 0.1) is 0 Å². The van der Waals surface area contributed by atoms with E-state index in [-0.39, 0.29) is 18.3 Å². The van der Waals surface area contributed by atoms with E-state index in [0.717, 1.165) is 28.5 Å². The lowest BCUT2D eigenvalue weighted by Gasteiger charge is -2.09. The van der Waals surface area contributed by atoms with Crippen LogP contribution in [0.15, 0.2) is 66.7 Å². The average molecular weight is 386 g/mol. The largest absolute Gasteiger partial charge is 0.484 e. The molecule has 0 aliphatic rings. The van der Waals surface area contributed by atoms with Crippen LogP contribution in [0.4, 0.5) is 5.69 Å². The van der Waals surface area contributed by atoms with Crippen molar-refractivity contribution in [2.24, 2.45) is 0 Å². The van der Waals surface area contributed by atoms with E-state index in [1.54, 1.807) is 24.3 Å². The number of aryl methyl sites for hydroxylation is 1. The van der Waals surface area contributed by atoms with Crippen LogP contribution in [0.25, 0.3) is 21.8 Å². The summed E-state index contributed by atoms with van der Waals surface area (Å²) in [6.07, 6.45) is 0. The van der Waals surface area contributed by atoms with Gasteiger partial charge in [0.15, 0.2) is 12.4 Å². The second kappa shape index (κ2) is 7.80. The van der Waals surface area contributed by atoms with Gasteiger partial charge in [-0.15, -0.1) is 0 Å². The lowest BCUT2D eigenvalue weighted by atomic mass is 10.1. The minimum absolute atomic E-state index is 0.0422. The number of carbonyl (C=O) groups is 2. The minimum atomic E-state index is -0.253. The van der Waals surface area contributed by atoms with E-state index in [9.17, 15) is 9.59 Å². The highest BCUT2D eigenvalue weighted by atomic mass is 16.5. The maximum atomic E-state index is 12.4. The molecule has 0 atom stereocenters. The molecule has 3 aromatic carbocycles. The quantitative estimate of drug-likeness (QED) is 0.473. The maximum absolute atomic E-state index is 12.4. The second-order valence-electron chi connectivity index (χ2n) is 6.91. The first kappa shape index (κ1) is 18.7. The molecule has 1 amide bonds. The van der Waals surface area contributed by atoms with Gasteiger partial charge in [-0.05, 0) is 50.2 Å². The fourth-order valence-electron chi connectivity index (χ4n) is 3.62. The van der Waals surface area contributed by atoms with Crippen LogP contribution in [0.5, 0.6) is 5.75 Å². The predicted octanol–water partition coefficient (Wildman–Crippen LogP) is 5.03. The molecular formula is C24H22N2O3. The number of benzene rings is 3. The Balaban J connectivity index is 1.52. The summed E-state index contributed by atoms with van der Waals surface area (Å²) < 4.78 is 7.81. The van der Waals surface area contributed by atoms with Gasteiger partial charge in [0.2, 0.25) is 0 Å². The van der Waals surface area contributed by atoms with Gasteiger partial charge in [-0.3, -0.25) is 9.59 Å². The van der Waals surface area contributed by atoms with E-state index >= 15 is 0 Å². The van der Waals surface area contributed by atoms with Gasteiger partial charge in [-0.25, -0.2) is 0 Å². The summed E-state index contributed by atoms with van der Waals surface area (Å²) in [4.78, 5) is 23.8. The Morgan fingerprint density at radius 3 is 2.52 bits per heavy atom. The zero-order valence-electron chi connectivity index (χ0n) is 16.4. The van der Waals surface area contributed by atoms with Crippen LogP contribution in [-0.4, -0.2) is 22.9 Å². The summed E-state index contributed by atoms with van der Waals surface area (Å²) >= 11 is 0. The molecule has 1 N–H and O–H groups in total. The fraction of sp³-hybridized carbons (Fsp3) is 0.167. The van der Waals surface area contributed by atoms with Crippen molar-refractivity contribution in [2.45, 2.75) is 20.4 Å². The molecule has 0 spiro atoms. The Kier molecular flexibility index (Phi) is 5.04. The van der Waals surface area contributed by atoms with Crippen LogP contribution in [0.1, 0.15) is 24.2 Å². The summed E-state index contributed by atoms with van der Waals surface area (Å²) in [6.45, 7) is 4.37. The predicted molar refractivity (Wildman–Crippen MR) is 116 cm³/mol. The Morgan fingerprint density at radius 1 is 0.931 bits per heavy atom. The topological polar surface area (TPSA) is 60.3 Å². The number of Topliss-reactive ketones (excluding diaryl/α,β-unsaturated/α-hetero) is 1. The monoisotopic (exact) mass is 386 g/mol. The summed E-state index contributed by atoms with van der Waals surface area (Å²) in [5, 5.41) is 5.16. The molecule has 4 aromatic rings. The van der Waals surface area contributed by atoms with E-state index in [2.05, 4.69) is 28.9 Å². The normalized spacial score (nSPS) is 11.0. The zero-order chi connectivity index (χ0) is 20.4. The van der Waals surface area contributed by atoms with Crippen molar-refractivity contribution in [3.8, 4) is 5.75 Å². The molecule has 5 nitrogen and oxygen atoms in total. The maximum Gasteiger partial charge on any atom is 0.262 e. The van der Waals surface area contributed by atoms with Gasteiger partial charge in [0.1, 0.15) is 5.75 Å². The molecule has 1 aromatic heterocycles. The van der Waals surface area contributed by atoms with E-state index in [4.69, 9.17) is 4.74 Å². The highest BCUT2D eigenvalue weighted by Gasteiger charge is 2.11. The SMILES string of the molecule is CCn1c2ccccc2c2cc(NC(=O)COc3cccc(C(C)=O)c3)ccc21. The first-order valence-corrected chi connectivity index (χ1v) is 9.61. The smallest absolute Gasteiger partial charge is 0.262 e. The molecule has 0 radical (unpaired) electrons. The number of hydrogen-bond acceptors (Lipinski definition) is 3. The van der Waals surface area contributed by atoms with E-state index in [0.29, 0.717) is 11.3 Å². The number of nitrogens with one attached hydrogen (secondary N) is 1. The van der Waals surface area contributed by atoms with Crippen LogP contribution in [0.3, 0.4) is 0 Å². The molecule has 4 rings (SSSR count). The van der Waals surface area contributed by atoms with Crippen molar-refractivity contribution in [2.75, 3.05) is 11.9 Å². The fourth-order valence-corrected chi connectivity index (χ4v) is 3.62. The third-order valence-corrected chi connectivity index (χ3v) is 4.98. The molecule has 1 heterocycles. The highest BCUT2D eigenvalue weighted by molar-refractivity contribution is 6.09. The summed E-state index contributed by atoms with van der Waals surface area (Å²) in [6, 6.07) is 21.0. The summed E-state index contributed by atoms with van der Waals surface area (Å²) in [7, 11) is 0. The number of ketones is 1. The van der Waals surface area contributed by atoms with Crippen molar-refractivity contribution in [3.05, 3.63) is 72.3 Å². The van der Waals surface area contributed by atoms with Crippen molar-refractivity contribution < 1.29 is 14.3 Å². The highest BCUT2D eigenvalue weighted by Crippen LogP contribution is 2.31. The lowest BCUT2D eigenvalue weighted by Crippen LogP contribution is -2.20. The van der Waals surface area contributed by atoms with Gasteiger partial charge < -0.3 is 14.6 Å². The number of amides is 1. The summed E-state index contributed by atoms with van der Waals surface area (Å²) in [5.74, 6) is 0.200. The molecule has 146 valence electrons. The van der Waals surface area contributed by atoms with Gasteiger partial charge in [0.05, 0.1) is 0 Å². The van der Waals surface area contributed by atoms with Gasteiger partial charge in [-0.2, -0.15) is 0 Å². The Hall–Kier alpha value is -3.60. The Labute approximate surface area is 168 Å². The van der Waals surface area contributed by atoms with Crippen molar-refractivity contribution in [1.29, 1.82) is 0 Å². The third-order valence-electron chi connectivity index (χ3n) is 4.98. The van der Waals surface area contributed by atoms with Gasteiger partial charge in [0.25, 0.3) is 5.91 Å². The number of nitrogens with zero attached hydrogens (tertiary/aromatic N) is 1. The molecule has 0 saturated carbocycles. The number of aromatic nitrogens is 1. The Morgan fingerprint density at radius 2 is 1.72 bits per heavy atom. The number of hydrogen-bond donors (Lipinski definition) is 1. The Bertz CT molecular complexity index is 1220. The van der Waals surface area contributed by atoms with E-state index in [1.807, 2.05) is 30.3 Å². The second-order valence-corrected chi connectivity index (χ2v) is 6.91. The van der Waals surface area contributed by atoms with Crippen LogP contribution < -0.4 is 10.1 Å². The average Bonchev–Trinajstić information content (AvgIpc) is 3.05. The van der Waals surface area contributed by atoms with Gasteiger partial charge >= 0.3 is 0 Å². The third kappa shape index (κ3) is 3.72. The number of para-hydroxylation sites is 1. The van der Waals surface area contributed by atoms with Crippen molar-refractivity contribution in [1.82, 2.24) is 4.57 Å². The molecule has 0 aliphatic carbocycles. The molecule has 0 bridgehead atoms. The first-order valence-electron chi connectivity index (χ1n) is 9.61. The number of fused-ring (bicyclic) bond motifs is 3. The molecule has 0 saturated heterocycles. The van der Waals surface area contributed by atoms with E-state index in [1.165, 1.54) is 12.4 Å². The van der Waals surface area contributed by atoms with Crippen molar-refractivity contribution in [3.63, 3.8) is 0 Å². The number of anilines is 1. The van der Waals surface area contributed by atoms with Gasteiger partial charge in [0, 0.05) is 39.6 Å². The first-order chi connectivity index (χ1) is 14.1. The minimum Gasteiger partial charge on any atom is -0.484 e. The van der Waals surface area contributed by atoms with Crippen LogP contribution >= 0.6 is 0 Å². The molecule has 0 aliphatic heterocycles. The molecular weight excluding hydrogens is 364 g/mol. The molecule has 5 heteroatoms. The zero-order valence-corrected chi connectivity index (χ0v) is 16.4. The number of ether oxygens (including phenoxy) is 1. The van der Waals surface area contributed by atoms with Gasteiger partial charge in [-0.1, -0.05) is 30.3 Å². The molecule has 0 fully saturated rings. The summed E-state index contributed by atoms with van der Waals surface area (Å²) in [5.41, 5.74) is 3.61. The van der Waals surface area contributed by atoms with E-state index < -0.39 is 0 Å². The van der Waals surface area contributed by atoms with Crippen molar-refractivity contribution >= 4 is 39.2 Å². The number of rotatable bonds is 6. The van der Waals surface area contributed by atoms with Crippen LogP contribution in [-0.2, 0) is 11.3 Å². The van der Waals surface area contributed by atoms with Crippen LogP contribution in [0.2, 0.25) is 0 Å². The molecule has 29 heavy (non-hydrogen) atoms.